The predicted molar refractivity (Wildman–Crippen MR) is 75.5 cm³/mol. The molecule has 0 spiro atoms. The lowest BCUT2D eigenvalue weighted by Crippen LogP contribution is -2.24. The van der Waals surface area contributed by atoms with E-state index in [2.05, 4.69) is 35.0 Å². The lowest BCUT2D eigenvalue weighted by molar-refractivity contribution is 0.298. The number of aryl methyl sites for hydroxylation is 1. The molecule has 1 saturated carbocycles. The van der Waals surface area contributed by atoms with Crippen molar-refractivity contribution in [1.82, 2.24) is 14.9 Å². The Hall–Kier alpha value is -0.830. The second-order valence-corrected chi connectivity index (χ2v) is 5.56. The second-order valence-electron chi connectivity index (χ2n) is 5.56. The van der Waals surface area contributed by atoms with Crippen molar-refractivity contribution >= 4 is 0 Å². The van der Waals surface area contributed by atoms with E-state index >= 15 is 0 Å². The van der Waals surface area contributed by atoms with E-state index in [0.717, 1.165) is 12.5 Å². The molecule has 1 unspecified atom stereocenters. The van der Waals surface area contributed by atoms with E-state index in [9.17, 15) is 0 Å². The van der Waals surface area contributed by atoms with E-state index in [1.54, 1.807) is 0 Å². The van der Waals surface area contributed by atoms with E-state index in [1.165, 1.54) is 50.8 Å². The first-order valence-corrected chi connectivity index (χ1v) is 7.53. The Labute approximate surface area is 111 Å². The molecule has 1 atom stereocenters. The van der Waals surface area contributed by atoms with Gasteiger partial charge in [-0.2, -0.15) is 0 Å². The number of aromatic nitrogens is 2. The maximum Gasteiger partial charge on any atom is 0.125 e. The molecule has 102 valence electrons. The normalized spacial score (nSPS) is 19.0. The molecule has 3 heteroatoms. The van der Waals surface area contributed by atoms with Gasteiger partial charge < -0.3 is 9.88 Å². The molecule has 1 aromatic heterocycles. The van der Waals surface area contributed by atoms with Gasteiger partial charge in [0, 0.05) is 18.9 Å². The standard InChI is InChI=1S/C15H27N3/c1-3-10-18-11-9-17-15(18)14(16-2)12-13-7-5-4-6-8-13/h9,11,13-14,16H,3-8,10,12H2,1-2H3. The highest BCUT2D eigenvalue weighted by atomic mass is 15.1. The molecule has 0 bridgehead atoms. The number of rotatable bonds is 6. The van der Waals surface area contributed by atoms with Gasteiger partial charge in [0.25, 0.3) is 0 Å². The van der Waals surface area contributed by atoms with Crippen molar-refractivity contribution in [3.05, 3.63) is 18.2 Å². The average Bonchev–Trinajstić information content (AvgIpc) is 2.86. The van der Waals surface area contributed by atoms with Crippen LogP contribution in [0.3, 0.4) is 0 Å². The SMILES string of the molecule is CCCn1ccnc1C(CC1CCCCC1)NC. The fraction of sp³-hybridized carbons (Fsp3) is 0.800. The van der Waals surface area contributed by atoms with Crippen LogP contribution in [0.5, 0.6) is 0 Å². The van der Waals surface area contributed by atoms with Crippen LogP contribution in [0.4, 0.5) is 0 Å². The molecular formula is C15H27N3. The molecule has 1 heterocycles. The van der Waals surface area contributed by atoms with Gasteiger partial charge in [0.1, 0.15) is 5.82 Å². The molecule has 0 radical (unpaired) electrons. The number of hydrogen-bond acceptors (Lipinski definition) is 2. The van der Waals surface area contributed by atoms with Crippen LogP contribution < -0.4 is 5.32 Å². The predicted octanol–water partition coefficient (Wildman–Crippen LogP) is 3.52. The summed E-state index contributed by atoms with van der Waals surface area (Å²) in [7, 11) is 2.07. The van der Waals surface area contributed by atoms with Crippen LogP contribution in [0.25, 0.3) is 0 Å². The monoisotopic (exact) mass is 249 g/mol. The van der Waals surface area contributed by atoms with Crippen LogP contribution >= 0.6 is 0 Å². The Bertz CT molecular complexity index is 339. The van der Waals surface area contributed by atoms with Crippen LogP contribution in [-0.2, 0) is 6.54 Å². The van der Waals surface area contributed by atoms with Gasteiger partial charge in [-0.25, -0.2) is 4.98 Å². The molecule has 1 aliphatic carbocycles. The highest BCUT2D eigenvalue weighted by Crippen LogP contribution is 2.31. The first-order valence-electron chi connectivity index (χ1n) is 7.53. The summed E-state index contributed by atoms with van der Waals surface area (Å²) >= 11 is 0. The topological polar surface area (TPSA) is 29.9 Å². The van der Waals surface area contributed by atoms with E-state index in [-0.39, 0.29) is 0 Å². The van der Waals surface area contributed by atoms with Crippen molar-refractivity contribution in [2.24, 2.45) is 5.92 Å². The van der Waals surface area contributed by atoms with Gasteiger partial charge >= 0.3 is 0 Å². The van der Waals surface area contributed by atoms with Gasteiger partial charge in [0.15, 0.2) is 0 Å². The Kier molecular flexibility index (Phi) is 5.24. The number of nitrogens with one attached hydrogen (secondary N) is 1. The maximum absolute atomic E-state index is 4.57. The summed E-state index contributed by atoms with van der Waals surface area (Å²) < 4.78 is 2.31. The van der Waals surface area contributed by atoms with Crippen LogP contribution in [0, 0.1) is 5.92 Å². The average molecular weight is 249 g/mol. The number of imidazole rings is 1. The summed E-state index contributed by atoms with van der Waals surface area (Å²) in [6, 6.07) is 0.426. The van der Waals surface area contributed by atoms with Crippen molar-refractivity contribution in [2.45, 2.75) is 64.5 Å². The largest absolute Gasteiger partial charge is 0.334 e. The lowest BCUT2D eigenvalue weighted by atomic mass is 9.84. The van der Waals surface area contributed by atoms with Gasteiger partial charge in [-0.3, -0.25) is 0 Å². The number of nitrogens with zero attached hydrogens (tertiary/aromatic N) is 2. The highest BCUT2D eigenvalue weighted by molar-refractivity contribution is 5.00. The van der Waals surface area contributed by atoms with Crippen molar-refractivity contribution in [3.8, 4) is 0 Å². The summed E-state index contributed by atoms with van der Waals surface area (Å²) in [4.78, 5) is 4.57. The van der Waals surface area contributed by atoms with Crippen molar-refractivity contribution < 1.29 is 0 Å². The summed E-state index contributed by atoms with van der Waals surface area (Å²) in [5.41, 5.74) is 0. The minimum atomic E-state index is 0.426. The molecule has 0 amide bonds. The molecule has 3 nitrogen and oxygen atoms in total. The zero-order valence-corrected chi connectivity index (χ0v) is 11.9. The summed E-state index contributed by atoms with van der Waals surface area (Å²) in [5, 5.41) is 3.47. The Morgan fingerprint density at radius 2 is 2.17 bits per heavy atom. The first-order chi connectivity index (χ1) is 8.85. The minimum Gasteiger partial charge on any atom is -0.334 e. The Morgan fingerprint density at radius 1 is 1.39 bits per heavy atom. The van der Waals surface area contributed by atoms with Crippen LogP contribution in [0.1, 0.15) is 63.7 Å². The molecule has 0 aromatic carbocycles. The summed E-state index contributed by atoms with van der Waals surface area (Å²) in [5.74, 6) is 2.12. The van der Waals surface area contributed by atoms with Gasteiger partial charge in [0.2, 0.25) is 0 Å². The fourth-order valence-electron chi connectivity index (χ4n) is 3.17. The first kappa shape index (κ1) is 13.6. The van der Waals surface area contributed by atoms with E-state index < -0.39 is 0 Å². The van der Waals surface area contributed by atoms with Gasteiger partial charge in [0.05, 0.1) is 6.04 Å². The zero-order chi connectivity index (χ0) is 12.8. The van der Waals surface area contributed by atoms with Crippen molar-refractivity contribution in [1.29, 1.82) is 0 Å². The molecule has 18 heavy (non-hydrogen) atoms. The number of hydrogen-bond donors (Lipinski definition) is 1. The molecule has 2 rings (SSSR count). The second kappa shape index (κ2) is 6.93. The molecule has 1 aromatic rings. The fourth-order valence-corrected chi connectivity index (χ4v) is 3.17. The van der Waals surface area contributed by atoms with Gasteiger partial charge in [-0.15, -0.1) is 0 Å². The van der Waals surface area contributed by atoms with Gasteiger partial charge in [-0.05, 0) is 25.8 Å². The molecule has 0 aliphatic heterocycles. The maximum atomic E-state index is 4.57. The smallest absolute Gasteiger partial charge is 0.125 e. The van der Waals surface area contributed by atoms with E-state index in [4.69, 9.17) is 0 Å². The Morgan fingerprint density at radius 3 is 2.83 bits per heavy atom. The third-order valence-electron chi connectivity index (χ3n) is 4.17. The van der Waals surface area contributed by atoms with Crippen molar-refractivity contribution in [3.63, 3.8) is 0 Å². The molecular weight excluding hydrogens is 222 g/mol. The van der Waals surface area contributed by atoms with Crippen LogP contribution in [0.15, 0.2) is 12.4 Å². The molecule has 0 saturated heterocycles. The summed E-state index contributed by atoms with van der Waals surface area (Å²) in [6.45, 7) is 3.30. The van der Waals surface area contributed by atoms with E-state index in [0.29, 0.717) is 6.04 Å². The van der Waals surface area contributed by atoms with Crippen LogP contribution in [-0.4, -0.2) is 16.6 Å². The zero-order valence-electron chi connectivity index (χ0n) is 11.9. The van der Waals surface area contributed by atoms with Crippen molar-refractivity contribution in [2.75, 3.05) is 7.05 Å². The molecule has 1 aliphatic rings. The Balaban J connectivity index is 2.00. The molecule has 1 N–H and O–H groups in total. The third-order valence-corrected chi connectivity index (χ3v) is 4.17. The van der Waals surface area contributed by atoms with Crippen LogP contribution in [0.2, 0.25) is 0 Å². The molecule has 1 fully saturated rings. The van der Waals surface area contributed by atoms with Gasteiger partial charge in [-0.1, -0.05) is 39.0 Å². The quantitative estimate of drug-likeness (QED) is 0.836. The summed E-state index contributed by atoms with van der Waals surface area (Å²) in [6.07, 6.45) is 13.6. The minimum absolute atomic E-state index is 0.426. The van der Waals surface area contributed by atoms with E-state index in [1.807, 2.05) is 6.20 Å². The third kappa shape index (κ3) is 3.35. The highest BCUT2D eigenvalue weighted by Gasteiger charge is 2.21. The lowest BCUT2D eigenvalue weighted by Gasteiger charge is -2.26.